The maximum Gasteiger partial charge on any atom is 0.501 e. The van der Waals surface area contributed by atoms with Crippen LogP contribution >= 0.6 is 0 Å². The fourth-order valence-electron chi connectivity index (χ4n) is 1.65. The fraction of sp³-hybridized carbons (Fsp3) is 0.917. The normalized spacial score (nSPS) is 11.4. The fourth-order valence-corrected chi connectivity index (χ4v) is 4.23. The second-order valence-electron chi connectivity index (χ2n) is 3.75. The second-order valence-corrected chi connectivity index (χ2v) is 6.48. The standard InChI is InChI=1S/C12H27NO5Si/c1-5-13-12(14)15-10-9-11-19(16-6-2,17-7-3)18-8-4/h5-11H2,1-4H3,(H,13,14). The molecule has 0 bridgehead atoms. The van der Waals surface area contributed by atoms with E-state index in [2.05, 4.69) is 5.32 Å². The summed E-state index contributed by atoms with van der Waals surface area (Å²) in [7, 11) is -2.60. The Morgan fingerprint density at radius 2 is 1.53 bits per heavy atom. The molecule has 0 atom stereocenters. The van der Waals surface area contributed by atoms with Gasteiger partial charge in [0.05, 0.1) is 6.61 Å². The molecule has 0 radical (unpaired) electrons. The van der Waals surface area contributed by atoms with Crippen molar-refractivity contribution in [3.8, 4) is 0 Å². The summed E-state index contributed by atoms with van der Waals surface area (Å²) in [5.41, 5.74) is 0. The lowest BCUT2D eigenvalue weighted by Gasteiger charge is -2.28. The largest absolute Gasteiger partial charge is 0.501 e. The van der Waals surface area contributed by atoms with Crippen molar-refractivity contribution in [3.05, 3.63) is 0 Å². The third kappa shape index (κ3) is 8.20. The van der Waals surface area contributed by atoms with Crippen molar-refractivity contribution in [2.75, 3.05) is 33.0 Å². The van der Waals surface area contributed by atoms with Crippen molar-refractivity contribution >= 4 is 14.9 Å². The third-order valence-corrected chi connectivity index (χ3v) is 5.43. The van der Waals surface area contributed by atoms with Crippen molar-refractivity contribution in [1.82, 2.24) is 5.32 Å². The van der Waals surface area contributed by atoms with Crippen LogP contribution in [0.1, 0.15) is 34.1 Å². The number of hydrogen-bond donors (Lipinski definition) is 1. The van der Waals surface area contributed by atoms with Crippen molar-refractivity contribution in [3.63, 3.8) is 0 Å². The Hall–Kier alpha value is -0.633. The number of carbonyl (C=O) groups is 1. The van der Waals surface area contributed by atoms with Gasteiger partial charge in [0.2, 0.25) is 0 Å². The molecule has 114 valence electrons. The topological polar surface area (TPSA) is 66.0 Å². The summed E-state index contributed by atoms with van der Waals surface area (Å²) in [4.78, 5) is 11.1. The Morgan fingerprint density at radius 3 is 1.95 bits per heavy atom. The van der Waals surface area contributed by atoms with E-state index in [4.69, 9.17) is 18.0 Å². The van der Waals surface area contributed by atoms with Crippen molar-refractivity contribution in [1.29, 1.82) is 0 Å². The van der Waals surface area contributed by atoms with Crippen LogP contribution in [0.25, 0.3) is 0 Å². The molecule has 0 rings (SSSR count). The molecule has 0 aromatic carbocycles. The van der Waals surface area contributed by atoms with Crippen molar-refractivity contribution < 1.29 is 22.8 Å². The number of nitrogens with one attached hydrogen (secondary N) is 1. The molecule has 19 heavy (non-hydrogen) atoms. The Morgan fingerprint density at radius 1 is 1.00 bits per heavy atom. The molecule has 0 aliphatic heterocycles. The van der Waals surface area contributed by atoms with Gasteiger partial charge in [-0.25, -0.2) is 4.79 Å². The first kappa shape index (κ1) is 18.4. The zero-order chi connectivity index (χ0) is 14.6. The first-order valence-electron chi connectivity index (χ1n) is 6.96. The van der Waals surface area contributed by atoms with E-state index in [1.54, 1.807) is 0 Å². The lowest BCUT2D eigenvalue weighted by Crippen LogP contribution is -2.46. The number of rotatable bonds is 11. The van der Waals surface area contributed by atoms with Crippen LogP contribution in [0, 0.1) is 0 Å². The first-order valence-corrected chi connectivity index (χ1v) is 8.89. The first-order chi connectivity index (χ1) is 9.14. The summed E-state index contributed by atoms with van der Waals surface area (Å²) in [5.74, 6) is 0. The molecule has 0 heterocycles. The monoisotopic (exact) mass is 293 g/mol. The van der Waals surface area contributed by atoms with E-state index >= 15 is 0 Å². The van der Waals surface area contributed by atoms with Gasteiger partial charge in [0.1, 0.15) is 0 Å². The Bertz CT molecular complexity index is 223. The minimum atomic E-state index is -2.60. The minimum Gasteiger partial charge on any atom is -0.450 e. The van der Waals surface area contributed by atoms with Gasteiger partial charge >= 0.3 is 14.9 Å². The molecule has 0 aromatic rings. The molecule has 7 heteroatoms. The summed E-state index contributed by atoms with van der Waals surface area (Å²) in [6.07, 6.45) is 0.280. The molecular formula is C12H27NO5Si. The predicted molar refractivity (Wildman–Crippen MR) is 75.1 cm³/mol. The van der Waals surface area contributed by atoms with Crippen LogP contribution in [0.3, 0.4) is 0 Å². The van der Waals surface area contributed by atoms with Gasteiger partial charge in [0.15, 0.2) is 0 Å². The van der Waals surface area contributed by atoms with Crippen LogP contribution in [0.4, 0.5) is 4.79 Å². The molecule has 6 nitrogen and oxygen atoms in total. The van der Waals surface area contributed by atoms with Crippen LogP contribution in [-0.2, 0) is 18.0 Å². The van der Waals surface area contributed by atoms with Gasteiger partial charge < -0.3 is 23.3 Å². The van der Waals surface area contributed by atoms with E-state index in [1.807, 2.05) is 27.7 Å². The van der Waals surface area contributed by atoms with Crippen molar-refractivity contribution in [2.45, 2.75) is 40.2 Å². The Balaban J connectivity index is 4.13. The number of alkyl carbamates (subject to hydrolysis) is 1. The zero-order valence-electron chi connectivity index (χ0n) is 12.5. The Kier molecular flexibility index (Phi) is 10.8. The SMILES string of the molecule is CCNC(=O)OCCC[Si](OCC)(OCC)OCC. The molecule has 0 aromatic heterocycles. The number of hydrogen-bond acceptors (Lipinski definition) is 5. The highest BCUT2D eigenvalue weighted by atomic mass is 28.4. The van der Waals surface area contributed by atoms with Crippen molar-refractivity contribution in [2.24, 2.45) is 0 Å². The van der Waals surface area contributed by atoms with Gasteiger partial charge in [-0.1, -0.05) is 0 Å². The molecule has 0 saturated heterocycles. The number of carbonyl (C=O) groups excluding carboxylic acids is 1. The second kappa shape index (κ2) is 11.2. The highest BCUT2D eigenvalue weighted by molar-refractivity contribution is 6.60. The van der Waals surface area contributed by atoms with Gasteiger partial charge in [-0.2, -0.15) is 0 Å². The summed E-state index contributed by atoms with van der Waals surface area (Å²) in [5, 5.41) is 2.58. The minimum absolute atomic E-state index is 0.341. The predicted octanol–water partition coefficient (Wildman–Crippen LogP) is 2.17. The molecule has 1 amide bonds. The molecule has 0 aliphatic carbocycles. The Labute approximate surface area is 117 Å². The summed E-state index contributed by atoms with van der Waals surface area (Å²) in [6, 6.07) is 0.655. The van der Waals surface area contributed by atoms with Gasteiger partial charge in [-0.3, -0.25) is 0 Å². The number of ether oxygens (including phenoxy) is 1. The number of amides is 1. The van der Waals surface area contributed by atoms with E-state index in [0.29, 0.717) is 45.4 Å². The molecule has 0 aliphatic rings. The highest BCUT2D eigenvalue weighted by Gasteiger charge is 2.39. The molecule has 0 unspecified atom stereocenters. The van der Waals surface area contributed by atoms with Crippen LogP contribution in [0.5, 0.6) is 0 Å². The zero-order valence-corrected chi connectivity index (χ0v) is 13.5. The van der Waals surface area contributed by atoms with E-state index in [1.165, 1.54) is 0 Å². The smallest absolute Gasteiger partial charge is 0.450 e. The summed E-state index contributed by atoms with van der Waals surface area (Å²) < 4.78 is 22.1. The van der Waals surface area contributed by atoms with E-state index in [0.717, 1.165) is 0 Å². The van der Waals surface area contributed by atoms with Gasteiger partial charge in [0.25, 0.3) is 0 Å². The molecule has 1 N–H and O–H groups in total. The van der Waals surface area contributed by atoms with Crippen LogP contribution in [0.2, 0.25) is 6.04 Å². The quantitative estimate of drug-likeness (QED) is 0.467. The van der Waals surface area contributed by atoms with Gasteiger partial charge in [-0.05, 0) is 34.1 Å². The summed E-state index contributed by atoms with van der Waals surface area (Å²) in [6.45, 7) is 10.2. The molecule has 0 fully saturated rings. The summed E-state index contributed by atoms with van der Waals surface area (Å²) >= 11 is 0. The molecular weight excluding hydrogens is 266 g/mol. The average molecular weight is 293 g/mol. The molecule has 0 saturated carbocycles. The van der Waals surface area contributed by atoms with E-state index in [9.17, 15) is 4.79 Å². The van der Waals surface area contributed by atoms with Crippen LogP contribution < -0.4 is 5.32 Å². The lowest BCUT2D eigenvalue weighted by molar-refractivity contribution is 0.0682. The average Bonchev–Trinajstić information content (AvgIpc) is 2.36. The van der Waals surface area contributed by atoms with Crippen LogP contribution in [-0.4, -0.2) is 47.9 Å². The maximum atomic E-state index is 11.1. The lowest BCUT2D eigenvalue weighted by atomic mass is 10.5. The van der Waals surface area contributed by atoms with Crippen LogP contribution in [0.15, 0.2) is 0 Å². The highest BCUT2D eigenvalue weighted by Crippen LogP contribution is 2.18. The van der Waals surface area contributed by atoms with E-state index in [-0.39, 0.29) is 6.09 Å². The third-order valence-electron chi connectivity index (χ3n) is 2.27. The molecule has 0 spiro atoms. The van der Waals surface area contributed by atoms with Gasteiger partial charge in [-0.15, -0.1) is 0 Å². The van der Waals surface area contributed by atoms with Gasteiger partial charge in [0, 0.05) is 32.4 Å². The van der Waals surface area contributed by atoms with E-state index < -0.39 is 8.80 Å². The maximum absolute atomic E-state index is 11.1.